The van der Waals surface area contributed by atoms with Crippen molar-refractivity contribution in [2.24, 2.45) is 0 Å². The first-order valence-electron chi connectivity index (χ1n) is 13.5. The van der Waals surface area contributed by atoms with Gasteiger partial charge >= 0.3 is 0 Å². The van der Waals surface area contributed by atoms with Gasteiger partial charge in [-0.3, -0.25) is 19.7 Å². The molecule has 0 aromatic heterocycles. The number of nitro benzene ring substituents is 1. The van der Waals surface area contributed by atoms with Crippen LogP contribution in [0.4, 0.5) is 11.4 Å². The number of hydrogen-bond acceptors (Lipinski definition) is 7. The SMILES string of the molecule is CC(=O)N(C)c1cc([N+](=O)[O-])ccc1Oc1cc(C(=O)NCCCCOc2ccc(C)cc2C)c(O)c2ccccc12. The number of aryl methyl sites for hydroxylation is 2. The predicted molar refractivity (Wildman–Crippen MR) is 161 cm³/mol. The molecule has 0 atom stereocenters. The molecule has 0 aliphatic carbocycles. The van der Waals surface area contributed by atoms with E-state index in [2.05, 4.69) is 11.4 Å². The molecule has 0 aliphatic heterocycles. The van der Waals surface area contributed by atoms with Crippen LogP contribution in [0, 0.1) is 24.0 Å². The highest BCUT2D eigenvalue weighted by Gasteiger charge is 2.22. The van der Waals surface area contributed by atoms with E-state index in [1.807, 2.05) is 26.0 Å². The molecule has 2 N–H and O–H groups in total. The van der Waals surface area contributed by atoms with Crippen LogP contribution >= 0.6 is 0 Å². The number of nitrogens with one attached hydrogen (secondary N) is 1. The molecular weight excluding hydrogens is 538 g/mol. The Balaban J connectivity index is 1.51. The highest BCUT2D eigenvalue weighted by atomic mass is 16.6. The number of nitrogens with zero attached hydrogens (tertiary/aromatic N) is 2. The average Bonchev–Trinajstić information content (AvgIpc) is 2.96. The topological polar surface area (TPSA) is 131 Å². The van der Waals surface area contributed by atoms with Crippen LogP contribution in [0.15, 0.2) is 66.7 Å². The van der Waals surface area contributed by atoms with Crippen LogP contribution in [0.2, 0.25) is 0 Å². The maximum atomic E-state index is 13.1. The lowest BCUT2D eigenvalue weighted by atomic mass is 10.0. The molecule has 0 saturated heterocycles. The summed E-state index contributed by atoms with van der Waals surface area (Å²) < 4.78 is 12.0. The quantitative estimate of drug-likeness (QED) is 0.120. The van der Waals surface area contributed by atoms with Gasteiger partial charge in [-0.2, -0.15) is 0 Å². The van der Waals surface area contributed by atoms with E-state index >= 15 is 0 Å². The molecule has 4 rings (SSSR count). The van der Waals surface area contributed by atoms with E-state index in [-0.39, 0.29) is 40.1 Å². The number of rotatable bonds is 11. The summed E-state index contributed by atoms with van der Waals surface area (Å²) in [6, 6.07) is 18.2. The molecule has 42 heavy (non-hydrogen) atoms. The number of amides is 2. The van der Waals surface area contributed by atoms with Gasteiger partial charge in [0.2, 0.25) is 5.91 Å². The Morgan fingerprint density at radius 2 is 1.67 bits per heavy atom. The molecule has 0 heterocycles. The summed E-state index contributed by atoms with van der Waals surface area (Å²) in [6.07, 6.45) is 1.39. The molecule has 2 amide bonds. The van der Waals surface area contributed by atoms with Crippen LogP contribution in [0.5, 0.6) is 23.0 Å². The second-order valence-electron chi connectivity index (χ2n) is 9.99. The second kappa shape index (κ2) is 13.0. The minimum Gasteiger partial charge on any atom is -0.506 e. The number of phenolic OH excluding ortho intramolecular Hbond substituents is 1. The number of benzene rings is 4. The molecule has 10 nitrogen and oxygen atoms in total. The Kier molecular flexibility index (Phi) is 9.26. The standard InChI is InChI=1S/C32H33N3O7/c1-20-11-13-28(21(2)17-20)41-16-8-7-15-33-32(38)26-19-30(24-9-5-6-10-25(24)31(26)37)42-29-14-12-23(35(39)40)18-27(29)34(4)22(3)36/h5-6,9-14,17-19,37H,7-8,15-16H2,1-4H3,(H,33,38). The zero-order valence-electron chi connectivity index (χ0n) is 24.0. The van der Waals surface area contributed by atoms with Crippen molar-refractivity contribution in [3.8, 4) is 23.0 Å². The molecule has 0 fully saturated rings. The number of aromatic hydroxyl groups is 1. The van der Waals surface area contributed by atoms with Gasteiger partial charge in [-0.05, 0) is 50.5 Å². The first-order chi connectivity index (χ1) is 20.1. The molecule has 0 radical (unpaired) electrons. The summed E-state index contributed by atoms with van der Waals surface area (Å²) in [5, 5.41) is 26.1. The zero-order valence-corrected chi connectivity index (χ0v) is 24.0. The maximum absolute atomic E-state index is 13.1. The average molecular weight is 572 g/mol. The Bertz CT molecular complexity index is 1650. The first-order valence-corrected chi connectivity index (χ1v) is 13.5. The summed E-state index contributed by atoms with van der Waals surface area (Å²) in [5.74, 6) is 0.215. The summed E-state index contributed by atoms with van der Waals surface area (Å²) in [6.45, 7) is 6.23. The molecule has 0 saturated carbocycles. The van der Waals surface area contributed by atoms with Gasteiger partial charge in [0, 0.05) is 43.4 Å². The van der Waals surface area contributed by atoms with Crippen molar-refractivity contribution in [1.82, 2.24) is 5.32 Å². The molecule has 0 bridgehead atoms. The normalized spacial score (nSPS) is 10.8. The van der Waals surface area contributed by atoms with Crippen LogP contribution < -0.4 is 19.7 Å². The number of fused-ring (bicyclic) bond motifs is 1. The molecule has 0 spiro atoms. The van der Waals surface area contributed by atoms with Gasteiger partial charge in [0.05, 0.1) is 22.8 Å². The fourth-order valence-corrected chi connectivity index (χ4v) is 4.51. The Morgan fingerprint density at radius 1 is 0.952 bits per heavy atom. The van der Waals surface area contributed by atoms with Crippen LogP contribution in [0.1, 0.15) is 41.3 Å². The van der Waals surface area contributed by atoms with Gasteiger partial charge in [-0.1, -0.05) is 42.0 Å². The predicted octanol–water partition coefficient (Wildman–Crippen LogP) is 6.43. The first kappa shape index (κ1) is 29.9. The smallest absolute Gasteiger partial charge is 0.271 e. The van der Waals surface area contributed by atoms with E-state index in [1.165, 1.54) is 48.7 Å². The number of hydrogen-bond donors (Lipinski definition) is 2. The van der Waals surface area contributed by atoms with Crippen LogP contribution in [-0.4, -0.2) is 42.0 Å². The highest BCUT2D eigenvalue weighted by Crippen LogP contribution is 2.41. The minimum atomic E-state index is -0.560. The monoisotopic (exact) mass is 571 g/mol. The van der Waals surface area contributed by atoms with E-state index in [1.54, 1.807) is 24.3 Å². The Hall–Kier alpha value is -5.12. The van der Waals surface area contributed by atoms with E-state index < -0.39 is 10.8 Å². The summed E-state index contributed by atoms with van der Waals surface area (Å²) in [7, 11) is 1.48. The number of phenols is 1. The van der Waals surface area contributed by atoms with Crippen molar-refractivity contribution in [2.45, 2.75) is 33.6 Å². The van der Waals surface area contributed by atoms with E-state index in [0.717, 1.165) is 17.7 Å². The Morgan fingerprint density at radius 3 is 2.36 bits per heavy atom. The lowest BCUT2D eigenvalue weighted by Crippen LogP contribution is -2.25. The lowest BCUT2D eigenvalue weighted by Gasteiger charge is -2.20. The number of ether oxygens (including phenoxy) is 2. The maximum Gasteiger partial charge on any atom is 0.271 e. The molecule has 4 aromatic carbocycles. The summed E-state index contributed by atoms with van der Waals surface area (Å²) in [5.41, 5.74) is 2.23. The molecule has 0 aliphatic rings. The van der Waals surface area contributed by atoms with Gasteiger partial charge in [0.15, 0.2) is 5.75 Å². The third-order valence-corrected chi connectivity index (χ3v) is 6.87. The third-order valence-electron chi connectivity index (χ3n) is 6.87. The van der Waals surface area contributed by atoms with E-state index in [9.17, 15) is 24.8 Å². The number of anilines is 1. The van der Waals surface area contributed by atoms with Gasteiger partial charge in [-0.15, -0.1) is 0 Å². The summed E-state index contributed by atoms with van der Waals surface area (Å²) in [4.78, 5) is 37.3. The number of non-ortho nitro benzene ring substituents is 1. The van der Waals surface area contributed by atoms with Crippen LogP contribution in [-0.2, 0) is 4.79 Å². The van der Waals surface area contributed by atoms with Crippen molar-refractivity contribution in [1.29, 1.82) is 0 Å². The van der Waals surface area contributed by atoms with E-state index in [0.29, 0.717) is 30.3 Å². The van der Waals surface area contributed by atoms with Crippen molar-refractivity contribution >= 4 is 34.0 Å². The number of unbranched alkanes of at least 4 members (excludes halogenated alkanes) is 1. The molecular formula is C32H33N3O7. The molecule has 10 heteroatoms. The van der Waals surface area contributed by atoms with Crippen LogP contribution in [0.3, 0.4) is 0 Å². The number of carbonyl (C=O) groups excluding carboxylic acids is 2. The highest BCUT2D eigenvalue weighted by molar-refractivity contribution is 6.06. The second-order valence-corrected chi connectivity index (χ2v) is 9.99. The molecule has 0 unspecified atom stereocenters. The van der Waals surface area contributed by atoms with Gasteiger partial charge in [0.1, 0.15) is 17.2 Å². The third kappa shape index (κ3) is 6.77. The molecule has 218 valence electrons. The van der Waals surface area contributed by atoms with Crippen molar-refractivity contribution in [3.05, 3.63) is 93.5 Å². The van der Waals surface area contributed by atoms with Crippen molar-refractivity contribution in [2.75, 3.05) is 25.1 Å². The molecule has 4 aromatic rings. The van der Waals surface area contributed by atoms with Gasteiger partial charge in [-0.25, -0.2) is 0 Å². The van der Waals surface area contributed by atoms with Crippen LogP contribution in [0.25, 0.3) is 10.8 Å². The largest absolute Gasteiger partial charge is 0.506 e. The van der Waals surface area contributed by atoms with Gasteiger partial charge in [0.25, 0.3) is 11.6 Å². The fraction of sp³-hybridized carbons (Fsp3) is 0.250. The fourth-order valence-electron chi connectivity index (χ4n) is 4.51. The van der Waals surface area contributed by atoms with E-state index in [4.69, 9.17) is 9.47 Å². The zero-order chi connectivity index (χ0) is 30.4. The number of nitro groups is 1. The lowest BCUT2D eigenvalue weighted by molar-refractivity contribution is -0.384. The Labute approximate surface area is 243 Å². The van der Waals surface area contributed by atoms with Gasteiger partial charge < -0.3 is 24.8 Å². The van der Waals surface area contributed by atoms with Crippen molar-refractivity contribution in [3.63, 3.8) is 0 Å². The summed E-state index contributed by atoms with van der Waals surface area (Å²) >= 11 is 0. The van der Waals surface area contributed by atoms with Crippen molar-refractivity contribution < 1.29 is 29.1 Å². The minimum absolute atomic E-state index is 0.0126. The number of carbonyl (C=O) groups is 2.